The maximum Gasteiger partial charge on any atom is 0.251 e. The van der Waals surface area contributed by atoms with Crippen LogP contribution >= 0.6 is 0 Å². The van der Waals surface area contributed by atoms with Crippen molar-refractivity contribution in [1.82, 2.24) is 10.3 Å². The lowest BCUT2D eigenvalue weighted by molar-refractivity contribution is 0.0939. The van der Waals surface area contributed by atoms with Gasteiger partial charge in [-0.05, 0) is 43.2 Å². The van der Waals surface area contributed by atoms with E-state index in [1.54, 1.807) is 12.1 Å². The van der Waals surface area contributed by atoms with Crippen molar-refractivity contribution in [3.63, 3.8) is 0 Å². The van der Waals surface area contributed by atoms with Gasteiger partial charge in [0.15, 0.2) is 0 Å². The summed E-state index contributed by atoms with van der Waals surface area (Å²) in [6.07, 6.45) is 2.41. The van der Waals surface area contributed by atoms with Gasteiger partial charge in [0, 0.05) is 17.8 Å². The molecule has 1 aliphatic rings. The molecule has 0 spiro atoms. The summed E-state index contributed by atoms with van der Waals surface area (Å²) < 4.78 is 0. The third kappa shape index (κ3) is 3.04. The van der Waals surface area contributed by atoms with Gasteiger partial charge in [-0.3, -0.25) is 4.79 Å². The summed E-state index contributed by atoms with van der Waals surface area (Å²) >= 11 is 0. The Morgan fingerprint density at radius 1 is 1.47 bits per heavy atom. The Hall–Kier alpha value is -1.62. The smallest absolute Gasteiger partial charge is 0.251 e. The van der Waals surface area contributed by atoms with Crippen molar-refractivity contribution in [2.75, 3.05) is 12.0 Å². The molecule has 104 valence electrons. The predicted molar refractivity (Wildman–Crippen MR) is 75.6 cm³/mol. The number of rotatable bonds is 5. The Kier molecular flexibility index (Phi) is 3.75. The van der Waals surface area contributed by atoms with E-state index < -0.39 is 0 Å². The molecule has 0 aromatic carbocycles. The number of nitrogens with zero attached hydrogens (tertiary/aromatic N) is 1. The first-order valence-electron chi connectivity index (χ1n) is 6.70. The minimum absolute atomic E-state index is 0.0612. The molecule has 1 fully saturated rings. The van der Waals surface area contributed by atoms with Crippen molar-refractivity contribution in [2.24, 2.45) is 17.2 Å². The highest BCUT2D eigenvalue weighted by atomic mass is 16.1. The number of anilines is 1. The fourth-order valence-electron chi connectivity index (χ4n) is 2.35. The first-order valence-corrected chi connectivity index (χ1v) is 6.70. The highest BCUT2D eigenvalue weighted by Crippen LogP contribution is 2.51. The van der Waals surface area contributed by atoms with Gasteiger partial charge in [0.25, 0.3) is 5.91 Å². The van der Waals surface area contributed by atoms with Crippen molar-refractivity contribution in [1.29, 1.82) is 0 Å². The van der Waals surface area contributed by atoms with E-state index in [2.05, 4.69) is 29.6 Å². The van der Waals surface area contributed by atoms with E-state index in [-0.39, 0.29) is 5.91 Å². The summed E-state index contributed by atoms with van der Waals surface area (Å²) in [5.74, 6) is 6.39. The molecule has 0 aliphatic heterocycles. The number of carbonyl (C=O) groups excluding carboxylic acids is 1. The average molecular weight is 262 g/mol. The van der Waals surface area contributed by atoms with Gasteiger partial charge in [-0.15, -0.1) is 0 Å². The number of aryl methyl sites for hydroxylation is 1. The number of carbonyl (C=O) groups is 1. The second kappa shape index (κ2) is 5.17. The molecule has 1 saturated carbocycles. The van der Waals surface area contributed by atoms with Gasteiger partial charge in [-0.2, -0.15) is 0 Å². The van der Waals surface area contributed by atoms with Crippen LogP contribution in [0.15, 0.2) is 12.1 Å². The van der Waals surface area contributed by atoms with Crippen LogP contribution in [0, 0.1) is 18.3 Å². The van der Waals surface area contributed by atoms with Crippen LogP contribution in [0.1, 0.15) is 42.7 Å². The number of nitrogens with one attached hydrogen (secondary N) is 2. The summed E-state index contributed by atoms with van der Waals surface area (Å²) in [6, 6.07) is 3.43. The number of hydrogen-bond donors (Lipinski definition) is 3. The van der Waals surface area contributed by atoms with Crippen LogP contribution in [0.2, 0.25) is 0 Å². The van der Waals surface area contributed by atoms with Crippen LogP contribution in [0.5, 0.6) is 0 Å². The summed E-state index contributed by atoms with van der Waals surface area (Å²) in [5.41, 5.74) is 4.15. The molecule has 1 heterocycles. The van der Waals surface area contributed by atoms with Gasteiger partial charge in [-0.1, -0.05) is 13.8 Å². The molecule has 2 rings (SSSR count). The van der Waals surface area contributed by atoms with Crippen LogP contribution in [-0.2, 0) is 0 Å². The van der Waals surface area contributed by atoms with E-state index in [1.165, 1.54) is 12.8 Å². The lowest BCUT2D eigenvalue weighted by Gasteiger charge is -2.20. The van der Waals surface area contributed by atoms with Crippen LogP contribution < -0.4 is 16.6 Å². The topological polar surface area (TPSA) is 80.0 Å². The highest BCUT2D eigenvalue weighted by Gasteiger charge is 2.45. The number of nitrogen functional groups attached to an aromatic ring is 1. The summed E-state index contributed by atoms with van der Waals surface area (Å²) in [7, 11) is 0. The lowest BCUT2D eigenvalue weighted by atomic mass is 9.92. The van der Waals surface area contributed by atoms with E-state index in [1.807, 2.05) is 6.92 Å². The van der Waals surface area contributed by atoms with Gasteiger partial charge in [0.05, 0.1) is 0 Å². The zero-order valence-electron chi connectivity index (χ0n) is 11.8. The Balaban J connectivity index is 2.02. The monoisotopic (exact) mass is 262 g/mol. The molecule has 5 nitrogen and oxygen atoms in total. The molecule has 1 aromatic heterocycles. The van der Waals surface area contributed by atoms with Gasteiger partial charge in [0.1, 0.15) is 5.82 Å². The molecule has 1 aromatic rings. The first kappa shape index (κ1) is 13.8. The summed E-state index contributed by atoms with van der Waals surface area (Å²) in [4.78, 5) is 16.3. The number of amides is 1. The number of hydrazine groups is 1. The maximum absolute atomic E-state index is 12.2. The van der Waals surface area contributed by atoms with Crippen LogP contribution in [0.25, 0.3) is 0 Å². The van der Waals surface area contributed by atoms with Gasteiger partial charge < -0.3 is 10.7 Å². The second-order valence-corrected chi connectivity index (χ2v) is 5.73. The van der Waals surface area contributed by atoms with E-state index >= 15 is 0 Å². The van der Waals surface area contributed by atoms with Crippen LogP contribution in [-0.4, -0.2) is 17.4 Å². The van der Waals surface area contributed by atoms with E-state index in [0.717, 1.165) is 12.2 Å². The maximum atomic E-state index is 12.2. The quantitative estimate of drug-likeness (QED) is 0.559. The van der Waals surface area contributed by atoms with Crippen molar-refractivity contribution in [3.05, 3.63) is 23.4 Å². The second-order valence-electron chi connectivity index (χ2n) is 5.73. The molecular formula is C14H22N4O. The van der Waals surface area contributed by atoms with E-state index in [4.69, 9.17) is 5.84 Å². The third-order valence-electron chi connectivity index (χ3n) is 4.08. The standard InChI is InChI=1S/C14H22N4O/c1-9(2)14(4-5-14)8-16-13(19)11-6-10(3)17-12(7-11)18-15/h6-7,9H,4-5,8,15H2,1-3H3,(H,16,19)(H,17,18). The molecule has 0 unspecified atom stereocenters. The fraction of sp³-hybridized carbons (Fsp3) is 0.571. The predicted octanol–water partition coefficient (Wildman–Crippen LogP) is 1.84. The molecule has 19 heavy (non-hydrogen) atoms. The molecule has 0 radical (unpaired) electrons. The molecule has 1 aliphatic carbocycles. The van der Waals surface area contributed by atoms with E-state index in [0.29, 0.717) is 22.7 Å². The molecule has 0 bridgehead atoms. The van der Waals surface area contributed by atoms with Crippen LogP contribution in [0.4, 0.5) is 5.82 Å². The Morgan fingerprint density at radius 3 is 2.68 bits per heavy atom. The van der Waals surface area contributed by atoms with Crippen molar-refractivity contribution >= 4 is 11.7 Å². The third-order valence-corrected chi connectivity index (χ3v) is 4.08. The molecule has 4 N–H and O–H groups in total. The van der Waals surface area contributed by atoms with Crippen LogP contribution in [0.3, 0.4) is 0 Å². The molecule has 1 amide bonds. The normalized spacial score (nSPS) is 16.3. The van der Waals surface area contributed by atoms with Crippen molar-refractivity contribution < 1.29 is 4.79 Å². The zero-order valence-corrected chi connectivity index (χ0v) is 11.8. The summed E-state index contributed by atoms with van der Waals surface area (Å²) in [5, 5.41) is 3.03. The Labute approximate surface area is 114 Å². The number of nitrogens with two attached hydrogens (primary N) is 1. The zero-order chi connectivity index (χ0) is 14.0. The Morgan fingerprint density at radius 2 is 2.16 bits per heavy atom. The SMILES string of the molecule is Cc1cc(C(=O)NCC2(C(C)C)CC2)cc(NN)n1. The molecule has 0 saturated heterocycles. The minimum atomic E-state index is -0.0612. The lowest BCUT2D eigenvalue weighted by Crippen LogP contribution is -2.32. The molecule has 0 atom stereocenters. The molecular weight excluding hydrogens is 240 g/mol. The van der Waals surface area contributed by atoms with Gasteiger partial charge in [-0.25, -0.2) is 10.8 Å². The number of pyridine rings is 1. The van der Waals surface area contributed by atoms with E-state index in [9.17, 15) is 4.79 Å². The van der Waals surface area contributed by atoms with Gasteiger partial charge >= 0.3 is 0 Å². The minimum Gasteiger partial charge on any atom is -0.351 e. The highest BCUT2D eigenvalue weighted by molar-refractivity contribution is 5.95. The van der Waals surface area contributed by atoms with Crippen molar-refractivity contribution in [3.8, 4) is 0 Å². The fourth-order valence-corrected chi connectivity index (χ4v) is 2.35. The number of aromatic nitrogens is 1. The van der Waals surface area contributed by atoms with Crippen molar-refractivity contribution in [2.45, 2.75) is 33.6 Å². The Bertz CT molecular complexity index is 480. The number of hydrogen-bond acceptors (Lipinski definition) is 4. The largest absolute Gasteiger partial charge is 0.351 e. The molecule has 5 heteroatoms. The average Bonchev–Trinajstić information content (AvgIpc) is 3.16. The van der Waals surface area contributed by atoms with Gasteiger partial charge in [0.2, 0.25) is 0 Å². The first-order chi connectivity index (χ1) is 8.97. The summed E-state index contributed by atoms with van der Waals surface area (Å²) in [6.45, 7) is 7.02.